The maximum Gasteiger partial charge on any atom is 0.234 e. The summed E-state index contributed by atoms with van der Waals surface area (Å²) in [7, 11) is 0. The number of anilines is 1. The molecule has 0 aliphatic heterocycles. The summed E-state index contributed by atoms with van der Waals surface area (Å²) in [6.45, 7) is 0. The number of thioether (sulfide) groups is 1. The van der Waals surface area contributed by atoms with Gasteiger partial charge in [0.05, 0.1) is 11.3 Å². The molecule has 0 unspecified atom stereocenters. The molecular formula is C25H19Cl2N3OS. The van der Waals surface area contributed by atoms with E-state index in [1.807, 2.05) is 42.5 Å². The van der Waals surface area contributed by atoms with Crippen LogP contribution in [0.1, 0.15) is 34.4 Å². The lowest BCUT2D eigenvalue weighted by Crippen LogP contribution is -2.14. The van der Waals surface area contributed by atoms with Gasteiger partial charge in [-0.15, -0.1) is 0 Å². The normalized spacial score (nSPS) is 12.5. The Morgan fingerprint density at radius 1 is 1.12 bits per heavy atom. The van der Waals surface area contributed by atoms with Gasteiger partial charge in [-0.05, 0) is 54.2 Å². The van der Waals surface area contributed by atoms with E-state index in [-0.39, 0.29) is 11.7 Å². The predicted octanol–water partition coefficient (Wildman–Crippen LogP) is 6.65. The second kappa shape index (κ2) is 10.2. The number of fused-ring (bicyclic) bond motifs is 1. The van der Waals surface area contributed by atoms with Crippen molar-refractivity contribution in [1.82, 2.24) is 4.98 Å². The van der Waals surface area contributed by atoms with Crippen molar-refractivity contribution in [3.8, 4) is 6.07 Å². The SMILES string of the molecule is N#Cc1c(SCC(=O)Nc2cc(Cl)cc(Cl)c2)nc2c(c1/C=C\c1ccccc1)CCC2. The van der Waals surface area contributed by atoms with Crippen LogP contribution < -0.4 is 5.32 Å². The highest BCUT2D eigenvalue weighted by atomic mass is 35.5. The van der Waals surface area contributed by atoms with Crippen molar-refractivity contribution in [3.63, 3.8) is 0 Å². The van der Waals surface area contributed by atoms with E-state index in [0.29, 0.717) is 26.3 Å². The maximum absolute atomic E-state index is 12.5. The van der Waals surface area contributed by atoms with Gasteiger partial charge in [-0.3, -0.25) is 4.79 Å². The standard InChI is InChI=1S/C25H19Cl2N3OS/c26-17-11-18(27)13-19(12-17)29-24(31)15-32-25-22(14-28)20(21-7-4-8-23(21)30-25)10-9-16-5-2-1-3-6-16/h1-3,5-6,9-13H,4,7-8,15H2,(H,29,31)/b10-9-. The molecule has 7 heteroatoms. The lowest BCUT2D eigenvalue weighted by molar-refractivity contribution is -0.113. The van der Waals surface area contributed by atoms with Crippen molar-refractivity contribution in [2.24, 2.45) is 0 Å². The summed E-state index contributed by atoms with van der Waals surface area (Å²) in [4.78, 5) is 17.2. The summed E-state index contributed by atoms with van der Waals surface area (Å²) in [5.74, 6) is -0.104. The summed E-state index contributed by atoms with van der Waals surface area (Å²) in [5.41, 5.74) is 5.16. The molecule has 0 bridgehead atoms. The number of amides is 1. The van der Waals surface area contributed by atoms with Gasteiger partial charge in [0.15, 0.2) is 0 Å². The van der Waals surface area contributed by atoms with Crippen LogP contribution in [0, 0.1) is 11.3 Å². The average molecular weight is 480 g/mol. The third-order valence-corrected chi connectivity index (χ3v) is 6.49. The van der Waals surface area contributed by atoms with Gasteiger partial charge in [0.25, 0.3) is 0 Å². The lowest BCUT2D eigenvalue weighted by atomic mass is 10.0. The van der Waals surface area contributed by atoms with E-state index in [4.69, 9.17) is 28.2 Å². The molecule has 1 amide bonds. The van der Waals surface area contributed by atoms with Crippen LogP contribution in [0.25, 0.3) is 12.2 Å². The number of aromatic nitrogens is 1. The Labute approximate surface area is 201 Å². The third-order valence-electron chi connectivity index (χ3n) is 5.07. The van der Waals surface area contributed by atoms with Gasteiger partial charge in [-0.25, -0.2) is 4.98 Å². The smallest absolute Gasteiger partial charge is 0.234 e. The van der Waals surface area contributed by atoms with Crippen LogP contribution in [0.4, 0.5) is 5.69 Å². The monoisotopic (exact) mass is 479 g/mol. The van der Waals surface area contributed by atoms with Crippen molar-refractivity contribution in [2.75, 3.05) is 11.1 Å². The van der Waals surface area contributed by atoms with Crippen molar-refractivity contribution in [1.29, 1.82) is 5.26 Å². The molecule has 0 radical (unpaired) electrons. The van der Waals surface area contributed by atoms with E-state index >= 15 is 0 Å². The summed E-state index contributed by atoms with van der Waals surface area (Å²) >= 11 is 13.3. The minimum absolute atomic E-state index is 0.117. The van der Waals surface area contributed by atoms with Gasteiger partial charge in [-0.2, -0.15) is 5.26 Å². The second-order valence-corrected chi connectivity index (χ2v) is 9.17. The molecule has 0 saturated heterocycles. The molecule has 4 rings (SSSR count). The van der Waals surface area contributed by atoms with Crippen LogP contribution >= 0.6 is 35.0 Å². The van der Waals surface area contributed by atoms with Crippen molar-refractivity contribution >= 4 is 58.7 Å². The number of carbonyl (C=O) groups excluding carboxylic acids is 1. The van der Waals surface area contributed by atoms with E-state index in [2.05, 4.69) is 11.4 Å². The van der Waals surface area contributed by atoms with Crippen LogP contribution in [0.3, 0.4) is 0 Å². The van der Waals surface area contributed by atoms with Crippen molar-refractivity contribution < 1.29 is 4.79 Å². The molecule has 1 heterocycles. The Kier molecular flexibility index (Phi) is 7.16. The first-order valence-electron chi connectivity index (χ1n) is 10.1. The number of benzene rings is 2. The number of rotatable bonds is 6. The van der Waals surface area contributed by atoms with Crippen molar-refractivity contribution in [3.05, 3.63) is 86.5 Å². The quantitative estimate of drug-likeness (QED) is 0.401. The highest BCUT2D eigenvalue weighted by molar-refractivity contribution is 8.00. The van der Waals surface area contributed by atoms with E-state index in [0.717, 1.165) is 41.6 Å². The topological polar surface area (TPSA) is 65.8 Å². The number of nitrogens with one attached hydrogen (secondary N) is 1. The minimum atomic E-state index is -0.221. The Morgan fingerprint density at radius 3 is 2.59 bits per heavy atom. The molecule has 2 aromatic carbocycles. The predicted molar refractivity (Wildman–Crippen MR) is 132 cm³/mol. The molecule has 4 nitrogen and oxygen atoms in total. The second-order valence-electron chi connectivity index (χ2n) is 7.34. The zero-order valence-electron chi connectivity index (χ0n) is 17.1. The van der Waals surface area contributed by atoms with Gasteiger partial charge in [-0.1, -0.05) is 77.4 Å². The molecule has 160 valence electrons. The Morgan fingerprint density at radius 2 is 1.88 bits per heavy atom. The van der Waals surface area contributed by atoms with E-state index in [1.54, 1.807) is 18.2 Å². The van der Waals surface area contributed by atoms with Crippen molar-refractivity contribution in [2.45, 2.75) is 24.3 Å². The molecule has 0 atom stereocenters. The van der Waals surface area contributed by atoms with Crippen LogP contribution in [0.15, 0.2) is 53.6 Å². The van der Waals surface area contributed by atoms with Gasteiger partial charge < -0.3 is 5.32 Å². The highest BCUT2D eigenvalue weighted by Gasteiger charge is 2.22. The average Bonchev–Trinajstić information content (AvgIpc) is 3.24. The number of carbonyl (C=O) groups is 1. The largest absolute Gasteiger partial charge is 0.325 e. The third kappa shape index (κ3) is 5.34. The van der Waals surface area contributed by atoms with E-state index in [1.165, 1.54) is 11.8 Å². The first-order chi connectivity index (χ1) is 15.5. The number of nitrogens with zero attached hydrogens (tertiary/aromatic N) is 2. The van der Waals surface area contributed by atoms with Crippen LogP contribution in [-0.2, 0) is 17.6 Å². The number of halogens is 2. The fraction of sp³-hybridized carbons (Fsp3) is 0.160. The Bertz CT molecular complexity index is 1220. The summed E-state index contributed by atoms with van der Waals surface area (Å²) in [6, 6.07) is 17.2. The lowest BCUT2D eigenvalue weighted by Gasteiger charge is -2.12. The Hall–Kier alpha value is -2.78. The number of hydrogen-bond acceptors (Lipinski definition) is 4. The van der Waals surface area contributed by atoms with Gasteiger partial charge >= 0.3 is 0 Å². The molecule has 1 aliphatic carbocycles. The molecule has 1 aromatic heterocycles. The number of aryl methyl sites for hydroxylation is 1. The van der Waals surface area contributed by atoms with E-state index in [9.17, 15) is 10.1 Å². The van der Waals surface area contributed by atoms with Gasteiger partial charge in [0.2, 0.25) is 5.91 Å². The van der Waals surface area contributed by atoms with Crippen LogP contribution in [0.2, 0.25) is 10.0 Å². The van der Waals surface area contributed by atoms with Gasteiger partial charge in [0.1, 0.15) is 11.1 Å². The summed E-state index contributed by atoms with van der Waals surface area (Å²) in [6.07, 6.45) is 6.82. The first-order valence-corrected chi connectivity index (χ1v) is 11.9. The number of nitriles is 1. The number of hydrogen-bond donors (Lipinski definition) is 1. The molecule has 1 aliphatic rings. The van der Waals surface area contributed by atoms with Crippen LogP contribution in [0.5, 0.6) is 0 Å². The minimum Gasteiger partial charge on any atom is -0.325 e. The maximum atomic E-state index is 12.5. The molecule has 0 saturated carbocycles. The fourth-order valence-electron chi connectivity index (χ4n) is 3.68. The molecule has 32 heavy (non-hydrogen) atoms. The zero-order chi connectivity index (χ0) is 22.5. The molecule has 0 fully saturated rings. The van der Waals surface area contributed by atoms with Crippen LogP contribution in [-0.4, -0.2) is 16.6 Å². The highest BCUT2D eigenvalue weighted by Crippen LogP contribution is 2.33. The van der Waals surface area contributed by atoms with Gasteiger partial charge in [0, 0.05) is 21.4 Å². The molecular weight excluding hydrogens is 461 g/mol. The summed E-state index contributed by atoms with van der Waals surface area (Å²) < 4.78 is 0. The fourth-order valence-corrected chi connectivity index (χ4v) is 5.02. The first kappa shape index (κ1) is 22.4. The summed E-state index contributed by atoms with van der Waals surface area (Å²) in [5, 5.41) is 14.2. The molecule has 3 aromatic rings. The van der Waals surface area contributed by atoms with E-state index < -0.39 is 0 Å². The Balaban J connectivity index is 1.57. The number of pyridine rings is 1. The molecule has 1 N–H and O–H groups in total. The molecule has 0 spiro atoms. The zero-order valence-corrected chi connectivity index (χ0v) is 19.4.